The molecule has 4 saturated heterocycles. The Balaban J connectivity index is 1.72. The van der Waals surface area contributed by atoms with E-state index in [-0.39, 0.29) is 10.8 Å². The average Bonchev–Trinajstić information content (AvgIpc) is 2.54. The monoisotopic (exact) mass is 326 g/mol. The van der Waals surface area contributed by atoms with Crippen LogP contribution in [-0.4, -0.2) is 41.8 Å². The molecule has 0 aliphatic carbocycles. The molecule has 0 amide bonds. The molecule has 4 aliphatic rings. The van der Waals surface area contributed by atoms with Gasteiger partial charge in [0.05, 0.1) is 17.0 Å². The first kappa shape index (κ1) is 16.3. The summed E-state index contributed by atoms with van der Waals surface area (Å²) in [5.74, 6) is 0.591. The normalized spacial score (nSPS) is 40.3. The van der Waals surface area contributed by atoms with E-state index in [1.807, 2.05) is 0 Å². The summed E-state index contributed by atoms with van der Waals surface area (Å²) in [4.78, 5) is 18.7. The maximum absolute atomic E-state index is 13.4. The molecule has 0 aromatic heterocycles. The molecule has 0 saturated carbocycles. The number of hydrogen-bond donors (Lipinski definition) is 0. The van der Waals surface area contributed by atoms with E-state index in [1.165, 1.54) is 11.1 Å². The molecule has 4 bridgehead atoms. The van der Waals surface area contributed by atoms with Crippen molar-refractivity contribution >= 4 is 5.78 Å². The summed E-state index contributed by atoms with van der Waals surface area (Å²) in [6.45, 7) is 10.4. The highest BCUT2D eigenvalue weighted by Crippen LogP contribution is 2.55. The van der Waals surface area contributed by atoms with Gasteiger partial charge in [0.1, 0.15) is 5.78 Å². The first-order valence-electron chi connectivity index (χ1n) is 9.63. The van der Waals surface area contributed by atoms with Gasteiger partial charge >= 0.3 is 0 Å². The number of aryl methyl sites for hydroxylation is 1. The fourth-order valence-corrected chi connectivity index (χ4v) is 5.85. The summed E-state index contributed by atoms with van der Waals surface area (Å²) in [6.07, 6.45) is 4.67. The number of benzene rings is 1. The second kappa shape index (κ2) is 5.67. The second-order valence-electron chi connectivity index (χ2n) is 8.48. The van der Waals surface area contributed by atoms with Crippen molar-refractivity contribution in [1.29, 1.82) is 0 Å². The lowest BCUT2D eigenvalue weighted by Gasteiger charge is -2.66. The van der Waals surface area contributed by atoms with Crippen molar-refractivity contribution in [2.75, 3.05) is 26.2 Å². The van der Waals surface area contributed by atoms with E-state index in [0.29, 0.717) is 11.9 Å². The molecule has 4 fully saturated rings. The van der Waals surface area contributed by atoms with E-state index >= 15 is 0 Å². The van der Waals surface area contributed by atoms with Gasteiger partial charge in [-0.25, -0.2) is 0 Å². The topological polar surface area (TPSA) is 23.6 Å². The minimum Gasteiger partial charge on any atom is -0.298 e. The van der Waals surface area contributed by atoms with Gasteiger partial charge in [-0.05, 0) is 25.3 Å². The molecule has 24 heavy (non-hydrogen) atoms. The van der Waals surface area contributed by atoms with Gasteiger partial charge in [0.25, 0.3) is 0 Å². The van der Waals surface area contributed by atoms with E-state index in [9.17, 15) is 4.79 Å². The zero-order valence-corrected chi connectivity index (χ0v) is 15.3. The van der Waals surface area contributed by atoms with Gasteiger partial charge < -0.3 is 0 Å². The summed E-state index contributed by atoms with van der Waals surface area (Å²) in [7, 11) is 0. The average molecular weight is 326 g/mol. The Labute approximate surface area is 146 Å². The highest BCUT2D eigenvalue weighted by Gasteiger charge is 2.64. The van der Waals surface area contributed by atoms with E-state index in [4.69, 9.17) is 0 Å². The van der Waals surface area contributed by atoms with Crippen molar-refractivity contribution in [3.63, 3.8) is 0 Å². The molecule has 0 atom stereocenters. The molecule has 5 rings (SSSR count). The number of carbonyl (C=O) groups is 1. The van der Waals surface area contributed by atoms with Gasteiger partial charge in [-0.15, -0.1) is 0 Å². The predicted octanol–water partition coefficient (Wildman–Crippen LogP) is 3.78. The van der Waals surface area contributed by atoms with Gasteiger partial charge in [-0.1, -0.05) is 56.5 Å². The van der Waals surface area contributed by atoms with Crippen LogP contribution in [0.15, 0.2) is 24.3 Å². The summed E-state index contributed by atoms with van der Waals surface area (Å²) >= 11 is 0. The third kappa shape index (κ3) is 2.21. The van der Waals surface area contributed by atoms with Crippen LogP contribution >= 0.6 is 0 Å². The van der Waals surface area contributed by atoms with Gasteiger partial charge in [0, 0.05) is 26.2 Å². The molecule has 0 spiro atoms. The van der Waals surface area contributed by atoms with Crippen LogP contribution < -0.4 is 0 Å². The molecule has 0 unspecified atom stereocenters. The number of hydrogen-bond acceptors (Lipinski definition) is 3. The van der Waals surface area contributed by atoms with Gasteiger partial charge in [0.15, 0.2) is 0 Å². The number of nitrogens with zero attached hydrogens (tertiary/aromatic N) is 2. The molecular formula is C21H30N2O. The maximum atomic E-state index is 13.4. The van der Waals surface area contributed by atoms with Crippen molar-refractivity contribution in [1.82, 2.24) is 9.80 Å². The first-order chi connectivity index (χ1) is 11.5. The van der Waals surface area contributed by atoms with Crippen LogP contribution in [0, 0.1) is 17.8 Å². The van der Waals surface area contributed by atoms with Crippen LogP contribution in [0.1, 0.15) is 56.8 Å². The summed E-state index contributed by atoms with van der Waals surface area (Å²) in [5.41, 5.74) is 2.49. The lowest BCUT2D eigenvalue weighted by molar-refractivity contribution is -0.205. The Hall–Kier alpha value is -1.19. The van der Waals surface area contributed by atoms with Crippen molar-refractivity contribution in [3.8, 4) is 0 Å². The van der Waals surface area contributed by atoms with Crippen molar-refractivity contribution < 1.29 is 4.79 Å². The van der Waals surface area contributed by atoms with E-state index in [1.54, 1.807) is 0 Å². The minimum atomic E-state index is -0.110. The maximum Gasteiger partial charge on any atom is 0.150 e. The molecule has 130 valence electrons. The summed E-state index contributed by atoms with van der Waals surface area (Å²) in [6, 6.07) is 9.00. The molecule has 3 heteroatoms. The molecular weight excluding hydrogens is 296 g/mol. The third-order valence-corrected chi connectivity index (χ3v) is 6.51. The first-order valence-corrected chi connectivity index (χ1v) is 9.63. The number of piperidine rings is 2. The van der Waals surface area contributed by atoms with Crippen molar-refractivity contribution in [3.05, 3.63) is 35.4 Å². The second-order valence-corrected chi connectivity index (χ2v) is 8.48. The Morgan fingerprint density at radius 3 is 1.79 bits per heavy atom. The van der Waals surface area contributed by atoms with Crippen LogP contribution in [0.3, 0.4) is 0 Å². The Kier molecular flexibility index (Phi) is 3.85. The minimum absolute atomic E-state index is 0.110. The summed E-state index contributed by atoms with van der Waals surface area (Å²) < 4.78 is 0. The molecule has 1 aromatic carbocycles. The highest BCUT2D eigenvalue weighted by atomic mass is 16.1. The fraction of sp³-hybridized carbons (Fsp3) is 0.667. The molecule has 3 nitrogen and oxygen atoms in total. The Morgan fingerprint density at radius 2 is 1.38 bits per heavy atom. The van der Waals surface area contributed by atoms with Gasteiger partial charge in [-0.3, -0.25) is 14.6 Å². The van der Waals surface area contributed by atoms with Gasteiger partial charge in [0.2, 0.25) is 0 Å². The van der Waals surface area contributed by atoms with Crippen LogP contribution in [0.4, 0.5) is 0 Å². The summed E-state index contributed by atoms with van der Waals surface area (Å²) in [5, 5.41) is 0. The number of rotatable bonds is 5. The predicted molar refractivity (Wildman–Crippen MR) is 96.8 cm³/mol. The zero-order chi connectivity index (χ0) is 16.9. The smallest absolute Gasteiger partial charge is 0.150 e. The van der Waals surface area contributed by atoms with Crippen molar-refractivity contribution in [2.24, 2.45) is 10.8 Å². The molecule has 1 aromatic rings. The lowest BCUT2D eigenvalue weighted by Crippen LogP contribution is -2.76. The van der Waals surface area contributed by atoms with Crippen LogP contribution in [-0.2, 0) is 4.79 Å². The fourth-order valence-electron chi connectivity index (χ4n) is 5.85. The quantitative estimate of drug-likeness (QED) is 0.823. The van der Waals surface area contributed by atoms with Crippen molar-refractivity contribution in [2.45, 2.75) is 52.6 Å². The molecule has 0 N–H and O–H groups in total. The Morgan fingerprint density at radius 1 is 0.917 bits per heavy atom. The zero-order valence-electron chi connectivity index (χ0n) is 15.3. The van der Waals surface area contributed by atoms with Gasteiger partial charge in [-0.2, -0.15) is 0 Å². The third-order valence-electron chi connectivity index (χ3n) is 6.51. The van der Waals surface area contributed by atoms with E-state index < -0.39 is 0 Å². The van der Waals surface area contributed by atoms with Crippen LogP contribution in [0.5, 0.6) is 0 Å². The molecule has 0 radical (unpaired) electrons. The van der Waals surface area contributed by atoms with Crippen LogP contribution in [0.2, 0.25) is 0 Å². The lowest BCUT2D eigenvalue weighted by atomic mass is 9.57. The number of Topliss-reactive ketones (excluding diaryl/α,β-unsaturated/α-hetero) is 1. The molecule has 4 aliphatic heterocycles. The highest BCUT2D eigenvalue weighted by molar-refractivity contribution is 5.93. The largest absolute Gasteiger partial charge is 0.298 e. The SMILES string of the molecule is CCCC12CN3CC(CCC)(CN(C1)C3c1ccc(C)cc1)C2=O. The van der Waals surface area contributed by atoms with E-state index in [0.717, 1.165) is 51.9 Å². The number of carbonyl (C=O) groups excluding carboxylic acids is 1. The Bertz CT molecular complexity index is 592. The van der Waals surface area contributed by atoms with Crippen LogP contribution in [0.25, 0.3) is 0 Å². The number of ketones is 1. The standard InChI is InChI=1S/C21H30N2O/c1-4-10-20-12-22-14-21(11-5-2,19(20)24)15-23(13-20)18(22)17-8-6-16(3)7-9-17/h6-9,18H,4-5,10-15H2,1-3H3. The molecule has 4 heterocycles. The van der Waals surface area contributed by atoms with E-state index in [2.05, 4.69) is 54.8 Å².